The maximum atomic E-state index is 4.02. The number of rotatable bonds is 5. The predicted octanol–water partition coefficient (Wildman–Crippen LogP) is 6.86. The number of fused-ring (bicyclic) bond motifs is 2. The molecule has 0 saturated heterocycles. The highest BCUT2D eigenvalue weighted by Crippen LogP contribution is 2.61. The third-order valence-corrected chi connectivity index (χ3v) is 8.44. The Morgan fingerprint density at radius 2 is 1.56 bits per heavy atom. The fourth-order valence-corrected chi connectivity index (χ4v) is 7.36. The molecule has 0 heterocycles. The lowest BCUT2D eigenvalue weighted by Crippen LogP contribution is -2.53. The van der Waals surface area contributed by atoms with E-state index in [-0.39, 0.29) is 0 Å². The van der Waals surface area contributed by atoms with Gasteiger partial charge in [-0.25, -0.2) is 0 Å². The van der Waals surface area contributed by atoms with Crippen LogP contribution in [0.25, 0.3) is 0 Å². The van der Waals surface area contributed by atoms with Crippen LogP contribution in [0.1, 0.15) is 97.0 Å². The second kappa shape index (κ2) is 7.54. The number of benzene rings is 1. The largest absolute Gasteiger partial charge is 0.313 e. The molecule has 1 aromatic carbocycles. The van der Waals surface area contributed by atoms with Crippen molar-refractivity contribution in [1.82, 2.24) is 5.32 Å². The normalized spacial score (nSPS) is 40.0. The van der Waals surface area contributed by atoms with Crippen molar-refractivity contribution >= 4 is 0 Å². The van der Waals surface area contributed by atoms with Gasteiger partial charge in [0.25, 0.3) is 0 Å². The first-order valence-corrected chi connectivity index (χ1v) is 11.7. The highest BCUT2D eigenvalue weighted by atomic mass is 14.9. The van der Waals surface area contributed by atoms with Crippen LogP contribution in [0.4, 0.5) is 0 Å². The van der Waals surface area contributed by atoms with Gasteiger partial charge in [0, 0.05) is 12.6 Å². The zero-order valence-electron chi connectivity index (χ0n) is 18.0. The van der Waals surface area contributed by atoms with Crippen LogP contribution in [0.5, 0.6) is 0 Å². The van der Waals surface area contributed by atoms with Crippen LogP contribution in [0.2, 0.25) is 0 Å². The summed E-state index contributed by atoms with van der Waals surface area (Å²) >= 11 is 0. The second-order valence-corrected chi connectivity index (χ2v) is 11.2. The monoisotopic (exact) mass is 367 g/mol. The number of hydrogen-bond acceptors (Lipinski definition) is 1. The summed E-state index contributed by atoms with van der Waals surface area (Å²) in [5.74, 6) is 0.899. The summed E-state index contributed by atoms with van der Waals surface area (Å²) in [5.41, 5.74) is 3.00. The van der Waals surface area contributed by atoms with Crippen LogP contribution >= 0.6 is 0 Å². The maximum absolute atomic E-state index is 4.02. The van der Waals surface area contributed by atoms with Crippen molar-refractivity contribution in [3.8, 4) is 0 Å². The van der Waals surface area contributed by atoms with Gasteiger partial charge < -0.3 is 5.32 Å². The summed E-state index contributed by atoms with van der Waals surface area (Å²) < 4.78 is 0. The van der Waals surface area contributed by atoms with Gasteiger partial charge in [-0.3, -0.25) is 0 Å². The molecule has 0 amide bonds. The quantitative estimate of drug-likeness (QED) is 0.599. The molecular weight excluding hydrogens is 326 g/mol. The lowest BCUT2D eigenvalue weighted by atomic mass is 9.47. The van der Waals surface area contributed by atoms with E-state index >= 15 is 0 Å². The summed E-state index contributed by atoms with van der Waals surface area (Å²) in [6.07, 6.45) is 15.5. The van der Waals surface area contributed by atoms with Gasteiger partial charge in [-0.2, -0.15) is 0 Å². The molecule has 0 aromatic heterocycles. The summed E-state index contributed by atoms with van der Waals surface area (Å²) in [4.78, 5) is 0. The van der Waals surface area contributed by atoms with Gasteiger partial charge in [0.1, 0.15) is 0 Å². The molecular formula is C26H41N. The van der Waals surface area contributed by atoms with E-state index in [1.54, 1.807) is 5.56 Å². The van der Waals surface area contributed by atoms with E-state index < -0.39 is 0 Å². The topological polar surface area (TPSA) is 12.0 Å². The molecule has 150 valence electrons. The van der Waals surface area contributed by atoms with Crippen LogP contribution in [-0.2, 0) is 5.41 Å². The molecule has 1 heteroatoms. The Morgan fingerprint density at radius 3 is 2.26 bits per heavy atom. The molecule has 1 N–H and O–H groups in total. The Bertz CT molecular complexity index is 618. The summed E-state index contributed by atoms with van der Waals surface area (Å²) in [6, 6.07) is 12.4. The van der Waals surface area contributed by atoms with Crippen LogP contribution < -0.4 is 5.32 Å². The van der Waals surface area contributed by atoms with E-state index in [4.69, 9.17) is 0 Å². The molecule has 3 fully saturated rings. The molecule has 4 atom stereocenters. The van der Waals surface area contributed by atoms with Crippen LogP contribution in [0, 0.1) is 16.7 Å². The van der Waals surface area contributed by atoms with Crippen molar-refractivity contribution in [2.45, 2.75) is 103 Å². The van der Waals surface area contributed by atoms with Crippen molar-refractivity contribution in [3.05, 3.63) is 35.9 Å². The molecule has 3 saturated carbocycles. The summed E-state index contributed by atoms with van der Waals surface area (Å²) in [6.45, 7) is 8.82. The van der Waals surface area contributed by atoms with E-state index in [2.05, 4.69) is 56.4 Å². The van der Waals surface area contributed by atoms with Gasteiger partial charge >= 0.3 is 0 Å². The Kier molecular flexibility index (Phi) is 5.45. The fourth-order valence-electron chi connectivity index (χ4n) is 7.36. The molecule has 3 aliphatic rings. The molecule has 27 heavy (non-hydrogen) atoms. The first-order chi connectivity index (χ1) is 12.9. The predicted molar refractivity (Wildman–Crippen MR) is 116 cm³/mol. The highest BCUT2D eigenvalue weighted by Gasteiger charge is 2.53. The van der Waals surface area contributed by atoms with Gasteiger partial charge in [0.05, 0.1) is 0 Å². The van der Waals surface area contributed by atoms with Gasteiger partial charge in [0.15, 0.2) is 0 Å². The fraction of sp³-hybridized carbons (Fsp3) is 0.769. The average Bonchev–Trinajstić information content (AvgIpc) is 2.67. The SMILES string of the molecule is CCC1(C)CC2CC(C)(CNC3CCCCC3)CC(c3ccccc3)(C2)C1. The van der Waals surface area contributed by atoms with Gasteiger partial charge in [0.2, 0.25) is 0 Å². The molecule has 2 bridgehead atoms. The minimum absolute atomic E-state index is 0.399. The van der Waals surface area contributed by atoms with Gasteiger partial charge in [-0.15, -0.1) is 0 Å². The van der Waals surface area contributed by atoms with E-state index in [0.717, 1.165) is 12.0 Å². The maximum Gasteiger partial charge on any atom is 0.00672 e. The van der Waals surface area contributed by atoms with E-state index in [1.165, 1.54) is 77.2 Å². The van der Waals surface area contributed by atoms with E-state index in [0.29, 0.717) is 16.2 Å². The zero-order valence-corrected chi connectivity index (χ0v) is 18.0. The third kappa shape index (κ3) is 4.14. The number of nitrogens with one attached hydrogen (secondary N) is 1. The molecule has 4 rings (SSSR count). The lowest BCUT2D eigenvalue weighted by Gasteiger charge is -2.58. The third-order valence-electron chi connectivity index (χ3n) is 8.44. The molecule has 1 nitrogen and oxygen atoms in total. The standard InChI is InChI=1S/C26H41N/c1-4-24(2)15-21-16-25(3,20-27-23-13-9-6-10-14-23)19-26(17-21,18-24)22-11-7-5-8-12-22/h5,7-8,11-12,21,23,27H,4,6,9-10,13-20H2,1-3H3. The van der Waals surface area contributed by atoms with Crippen molar-refractivity contribution in [2.24, 2.45) is 16.7 Å². The summed E-state index contributed by atoms with van der Waals surface area (Å²) in [7, 11) is 0. The Balaban J connectivity index is 1.56. The van der Waals surface area contributed by atoms with Gasteiger partial charge in [-0.1, -0.05) is 76.8 Å². The minimum Gasteiger partial charge on any atom is -0.313 e. The van der Waals surface area contributed by atoms with Crippen molar-refractivity contribution < 1.29 is 0 Å². The molecule has 0 aliphatic heterocycles. The van der Waals surface area contributed by atoms with Crippen molar-refractivity contribution in [3.63, 3.8) is 0 Å². The lowest BCUT2D eigenvalue weighted by molar-refractivity contribution is -0.0221. The highest BCUT2D eigenvalue weighted by molar-refractivity contribution is 5.29. The zero-order chi connectivity index (χ0) is 19.0. The molecule has 0 radical (unpaired) electrons. The Hall–Kier alpha value is -0.820. The Labute approximate surface area is 167 Å². The second-order valence-electron chi connectivity index (χ2n) is 11.2. The summed E-state index contributed by atoms with van der Waals surface area (Å²) in [5, 5.41) is 4.02. The molecule has 0 spiro atoms. The van der Waals surface area contributed by atoms with Crippen LogP contribution in [0.3, 0.4) is 0 Å². The molecule has 4 unspecified atom stereocenters. The first kappa shape index (κ1) is 19.5. The van der Waals surface area contributed by atoms with E-state index in [1.807, 2.05) is 0 Å². The van der Waals surface area contributed by atoms with Crippen molar-refractivity contribution in [2.75, 3.05) is 6.54 Å². The first-order valence-electron chi connectivity index (χ1n) is 11.7. The minimum atomic E-state index is 0.399. The van der Waals surface area contributed by atoms with Gasteiger partial charge in [-0.05, 0) is 72.7 Å². The average molecular weight is 368 g/mol. The van der Waals surface area contributed by atoms with E-state index in [9.17, 15) is 0 Å². The smallest absolute Gasteiger partial charge is 0.00672 e. The molecule has 1 aromatic rings. The van der Waals surface area contributed by atoms with Crippen molar-refractivity contribution in [1.29, 1.82) is 0 Å². The molecule has 3 aliphatic carbocycles. The number of hydrogen-bond donors (Lipinski definition) is 1. The van der Waals surface area contributed by atoms with Crippen LogP contribution in [-0.4, -0.2) is 12.6 Å². The Morgan fingerprint density at radius 1 is 0.889 bits per heavy atom. The van der Waals surface area contributed by atoms with Crippen LogP contribution in [0.15, 0.2) is 30.3 Å².